The molecule has 0 spiro atoms. The van der Waals surface area contributed by atoms with E-state index in [2.05, 4.69) is 5.32 Å². The summed E-state index contributed by atoms with van der Waals surface area (Å²) in [4.78, 5) is 12.6. The molecule has 3 aromatic rings. The molecule has 0 aliphatic heterocycles. The van der Waals surface area contributed by atoms with Gasteiger partial charge in [0.25, 0.3) is 0 Å². The van der Waals surface area contributed by atoms with E-state index in [1.807, 2.05) is 61.5 Å². The van der Waals surface area contributed by atoms with Crippen LogP contribution in [0.4, 0.5) is 4.39 Å². The van der Waals surface area contributed by atoms with Crippen molar-refractivity contribution in [2.24, 2.45) is 0 Å². The van der Waals surface area contributed by atoms with Gasteiger partial charge >= 0.3 is 0 Å². The van der Waals surface area contributed by atoms with Gasteiger partial charge < -0.3 is 10.1 Å². The predicted octanol–water partition coefficient (Wildman–Crippen LogP) is 4.98. The number of rotatable bonds is 7. The molecule has 0 heterocycles. The van der Waals surface area contributed by atoms with Gasteiger partial charge in [-0.05, 0) is 42.2 Å². The van der Waals surface area contributed by atoms with Crippen molar-refractivity contribution in [3.05, 3.63) is 101 Å². The maximum absolute atomic E-state index is 13.8. The van der Waals surface area contributed by atoms with Crippen molar-refractivity contribution in [3.63, 3.8) is 0 Å². The second-order valence-electron chi connectivity index (χ2n) is 6.79. The highest BCUT2D eigenvalue weighted by atomic mass is 19.1. The van der Waals surface area contributed by atoms with Crippen molar-refractivity contribution in [2.75, 3.05) is 7.11 Å². The highest BCUT2D eigenvalue weighted by Gasteiger charge is 2.17. The minimum absolute atomic E-state index is 0.0781. The number of carbonyl (C=O) groups is 1. The van der Waals surface area contributed by atoms with Crippen molar-refractivity contribution < 1.29 is 13.9 Å². The van der Waals surface area contributed by atoms with Crippen LogP contribution >= 0.6 is 0 Å². The summed E-state index contributed by atoms with van der Waals surface area (Å²) in [6.07, 6.45) is 0.739. The Hall–Kier alpha value is -3.14. The lowest BCUT2D eigenvalue weighted by Crippen LogP contribution is -2.29. The summed E-state index contributed by atoms with van der Waals surface area (Å²) in [5.41, 5.74) is 3.99. The van der Waals surface area contributed by atoms with Crippen molar-refractivity contribution >= 4 is 5.91 Å². The summed E-state index contributed by atoms with van der Waals surface area (Å²) in [6.45, 7) is 2.04. The smallest absolute Gasteiger partial charge is 0.221 e. The highest BCUT2D eigenvalue weighted by Crippen LogP contribution is 2.23. The van der Waals surface area contributed by atoms with Crippen molar-refractivity contribution in [3.8, 4) is 5.75 Å². The zero-order valence-electron chi connectivity index (χ0n) is 16.1. The molecule has 1 amide bonds. The summed E-state index contributed by atoms with van der Waals surface area (Å²) < 4.78 is 18.8. The molecule has 28 heavy (non-hydrogen) atoms. The molecule has 0 radical (unpaired) electrons. The second kappa shape index (κ2) is 9.18. The molecule has 0 saturated carbocycles. The van der Waals surface area contributed by atoms with Gasteiger partial charge in [0.05, 0.1) is 13.2 Å². The Bertz CT molecular complexity index is 923. The molecule has 3 rings (SSSR count). The Morgan fingerprint density at radius 1 is 1.00 bits per heavy atom. The fourth-order valence-electron chi connectivity index (χ4n) is 3.12. The van der Waals surface area contributed by atoms with E-state index in [-0.39, 0.29) is 24.1 Å². The number of nitrogens with one attached hydrogen (secondary N) is 1. The summed E-state index contributed by atoms with van der Waals surface area (Å²) in [5.74, 6) is -0.287. The fourth-order valence-corrected chi connectivity index (χ4v) is 3.12. The molecular formula is C24H24FNO2. The van der Waals surface area contributed by atoms with Gasteiger partial charge in [-0.3, -0.25) is 4.79 Å². The third-order valence-corrected chi connectivity index (χ3v) is 4.71. The first kappa shape index (κ1) is 19.6. The first-order valence-electron chi connectivity index (χ1n) is 9.30. The normalized spacial score (nSPS) is 11.7. The number of methoxy groups -OCH3 is 1. The zero-order chi connectivity index (χ0) is 19.9. The van der Waals surface area contributed by atoms with Crippen LogP contribution in [-0.2, 0) is 11.2 Å². The summed E-state index contributed by atoms with van der Waals surface area (Å²) >= 11 is 0. The van der Waals surface area contributed by atoms with Gasteiger partial charge in [0.1, 0.15) is 0 Å². The van der Waals surface area contributed by atoms with E-state index < -0.39 is 5.82 Å². The summed E-state index contributed by atoms with van der Waals surface area (Å²) in [5, 5.41) is 3.12. The Morgan fingerprint density at radius 3 is 2.32 bits per heavy atom. The third kappa shape index (κ3) is 4.97. The van der Waals surface area contributed by atoms with Gasteiger partial charge in [0.15, 0.2) is 11.6 Å². The van der Waals surface area contributed by atoms with Gasteiger partial charge in [-0.25, -0.2) is 4.39 Å². The molecule has 0 fully saturated rings. The van der Waals surface area contributed by atoms with Crippen LogP contribution in [0.5, 0.6) is 5.75 Å². The largest absolute Gasteiger partial charge is 0.494 e. The maximum atomic E-state index is 13.8. The van der Waals surface area contributed by atoms with Crippen LogP contribution in [0.3, 0.4) is 0 Å². The van der Waals surface area contributed by atoms with E-state index in [0.717, 1.165) is 16.7 Å². The standard InChI is InChI=1S/C24H24FNO2/c1-17-8-12-20(13-9-17)24(19-6-4-3-5-7-19)26-23(27)15-11-18-10-14-22(28-2)21(25)16-18/h3-10,12-14,16,24H,11,15H2,1-2H3,(H,26,27). The number of ether oxygens (including phenoxy) is 1. The van der Waals surface area contributed by atoms with Crippen LogP contribution in [0, 0.1) is 12.7 Å². The number of amides is 1. The van der Waals surface area contributed by atoms with Gasteiger partial charge in [-0.15, -0.1) is 0 Å². The van der Waals surface area contributed by atoms with Crippen LogP contribution in [0.2, 0.25) is 0 Å². The van der Waals surface area contributed by atoms with Crippen LogP contribution in [0.1, 0.15) is 34.7 Å². The third-order valence-electron chi connectivity index (χ3n) is 4.71. The molecule has 1 unspecified atom stereocenters. The Labute approximate surface area is 165 Å². The molecule has 0 saturated heterocycles. The van der Waals surface area contributed by atoms with Gasteiger partial charge in [0, 0.05) is 6.42 Å². The molecule has 0 bridgehead atoms. The van der Waals surface area contributed by atoms with Gasteiger partial charge in [0.2, 0.25) is 5.91 Å². The average Bonchev–Trinajstić information content (AvgIpc) is 2.72. The number of halogens is 1. The molecule has 144 valence electrons. The molecule has 1 N–H and O–H groups in total. The second-order valence-corrected chi connectivity index (χ2v) is 6.79. The topological polar surface area (TPSA) is 38.3 Å². The molecular weight excluding hydrogens is 353 g/mol. The molecule has 0 aromatic heterocycles. The number of benzene rings is 3. The van der Waals surface area contributed by atoms with E-state index in [4.69, 9.17) is 4.74 Å². The Morgan fingerprint density at radius 2 is 1.68 bits per heavy atom. The SMILES string of the molecule is COc1ccc(CCC(=O)NC(c2ccccc2)c2ccc(C)cc2)cc1F. The molecule has 1 atom stereocenters. The van der Waals surface area contributed by atoms with Gasteiger partial charge in [-0.1, -0.05) is 66.2 Å². The molecule has 3 aromatic carbocycles. The highest BCUT2D eigenvalue weighted by molar-refractivity contribution is 5.77. The first-order valence-corrected chi connectivity index (χ1v) is 9.30. The first-order chi connectivity index (χ1) is 13.6. The fraction of sp³-hybridized carbons (Fsp3) is 0.208. The van der Waals surface area contributed by atoms with E-state index in [1.165, 1.54) is 18.7 Å². The molecule has 0 aliphatic rings. The monoisotopic (exact) mass is 377 g/mol. The minimum atomic E-state index is -0.415. The van der Waals surface area contributed by atoms with E-state index in [1.54, 1.807) is 12.1 Å². The lowest BCUT2D eigenvalue weighted by molar-refractivity contribution is -0.121. The minimum Gasteiger partial charge on any atom is -0.494 e. The molecule has 0 aliphatic carbocycles. The average molecular weight is 377 g/mol. The lowest BCUT2D eigenvalue weighted by Gasteiger charge is -2.20. The van der Waals surface area contributed by atoms with Crippen LogP contribution in [-0.4, -0.2) is 13.0 Å². The lowest BCUT2D eigenvalue weighted by atomic mass is 9.97. The Balaban J connectivity index is 1.71. The summed E-state index contributed by atoms with van der Waals surface area (Å²) in [6, 6.07) is 22.6. The van der Waals surface area contributed by atoms with Crippen LogP contribution in [0.15, 0.2) is 72.8 Å². The number of carbonyl (C=O) groups excluding carboxylic acids is 1. The number of hydrogen-bond acceptors (Lipinski definition) is 2. The number of hydrogen-bond donors (Lipinski definition) is 1. The Kier molecular flexibility index (Phi) is 6.43. The van der Waals surface area contributed by atoms with Crippen LogP contribution in [0.25, 0.3) is 0 Å². The summed E-state index contributed by atoms with van der Waals surface area (Å²) in [7, 11) is 1.43. The number of aryl methyl sites for hydroxylation is 2. The molecule has 4 heteroatoms. The van der Waals surface area contributed by atoms with Gasteiger partial charge in [-0.2, -0.15) is 0 Å². The zero-order valence-corrected chi connectivity index (χ0v) is 16.1. The van der Waals surface area contributed by atoms with Crippen molar-refractivity contribution in [1.29, 1.82) is 0 Å². The van der Waals surface area contributed by atoms with E-state index >= 15 is 0 Å². The molecule has 3 nitrogen and oxygen atoms in total. The quantitative estimate of drug-likeness (QED) is 0.631. The van der Waals surface area contributed by atoms with Crippen molar-refractivity contribution in [2.45, 2.75) is 25.8 Å². The van der Waals surface area contributed by atoms with Crippen LogP contribution < -0.4 is 10.1 Å². The van der Waals surface area contributed by atoms with E-state index in [0.29, 0.717) is 6.42 Å². The predicted molar refractivity (Wildman–Crippen MR) is 109 cm³/mol. The maximum Gasteiger partial charge on any atom is 0.221 e. The van der Waals surface area contributed by atoms with Crippen molar-refractivity contribution in [1.82, 2.24) is 5.32 Å². The van der Waals surface area contributed by atoms with E-state index in [9.17, 15) is 9.18 Å².